The van der Waals surface area contributed by atoms with E-state index in [9.17, 15) is 13.6 Å². The van der Waals surface area contributed by atoms with Crippen molar-refractivity contribution in [1.29, 1.82) is 0 Å². The molecule has 1 N–H and O–H groups in total. The van der Waals surface area contributed by atoms with E-state index in [4.69, 9.17) is 11.6 Å². The monoisotopic (exact) mass is 350 g/mol. The van der Waals surface area contributed by atoms with Crippen molar-refractivity contribution in [3.63, 3.8) is 0 Å². The SMILES string of the molecule is CN(C(=O)C1Nc2ccccc2C1(C)C)c1cc(Cl)c(F)cc1F. The number of anilines is 2. The fourth-order valence-electron chi connectivity index (χ4n) is 3.11. The van der Waals surface area contributed by atoms with Crippen LogP contribution in [0.4, 0.5) is 20.2 Å². The van der Waals surface area contributed by atoms with E-state index in [0.717, 1.165) is 17.3 Å². The summed E-state index contributed by atoms with van der Waals surface area (Å²) >= 11 is 5.73. The summed E-state index contributed by atoms with van der Waals surface area (Å²) in [5.41, 5.74) is 1.38. The van der Waals surface area contributed by atoms with Crippen molar-refractivity contribution >= 4 is 28.9 Å². The summed E-state index contributed by atoms with van der Waals surface area (Å²) in [4.78, 5) is 14.1. The van der Waals surface area contributed by atoms with Crippen molar-refractivity contribution in [3.05, 3.63) is 58.6 Å². The number of halogens is 3. The summed E-state index contributed by atoms with van der Waals surface area (Å²) in [5.74, 6) is -2.01. The molecule has 1 heterocycles. The maximum Gasteiger partial charge on any atom is 0.250 e. The molecule has 3 nitrogen and oxygen atoms in total. The molecule has 2 aromatic carbocycles. The lowest BCUT2D eigenvalue weighted by Crippen LogP contribution is -2.48. The normalized spacial score (nSPS) is 18.0. The molecule has 0 aromatic heterocycles. The lowest BCUT2D eigenvalue weighted by molar-refractivity contribution is -0.120. The van der Waals surface area contributed by atoms with Crippen LogP contribution in [0.5, 0.6) is 0 Å². The average molecular weight is 351 g/mol. The van der Waals surface area contributed by atoms with Crippen LogP contribution in [0, 0.1) is 11.6 Å². The number of amides is 1. The maximum atomic E-state index is 14.1. The number of hydrogen-bond acceptors (Lipinski definition) is 2. The van der Waals surface area contributed by atoms with Gasteiger partial charge in [0.1, 0.15) is 17.7 Å². The third-order valence-electron chi connectivity index (χ3n) is 4.57. The lowest BCUT2D eigenvalue weighted by atomic mass is 9.80. The fourth-order valence-corrected chi connectivity index (χ4v) is 3.27. The largest absolute Gasteiger partial charge is 0.373 e. The standard InChI is InChI=1S/C18H17ClF2N2O/c1-18(2)10-6-4-5-7-14(10)22-16(18)17(24)23(3)15-8-11(19)12(20)9-13(15)21/h4-9,16,22H,1-3H3. The summed E-state index contributed by atoms with van der Waals surface area (Å²) in [6.07, 6.45) is 0. The minimum atomic E-state index is -0.856. The number of para-hydroxylation sites is 1. The van der Waals surface area contributed by atoms with Crippen LogP contribution in [0.3, 0.4) is 0 Å². The molecule has 126 valence electrons. The second-order valence-electron chi connectivity index (χ2n) is 6.46. The molecule has 3 rings (SSSR count). The van der Waals surface area contributed by atoms with Gasteiger partial charge < -0.3 is 10.2 Å². The first kappa shape index (κ1) is 16.7. The highest BCUT2D eigenvalue weighted by atomic mass is 35.5. The van der Waals surface area contributed by atoms with Gasteiger partial charge in [0, 0.05) is 24.2 Å². The smallest absolute Gasteiger partial charge is 0.250 e. The van der Waals surface area contributed by atoms with E-state index >= 15 is 0 Å². The van der Waals surface area contributed by atoms with Gasteiger partial charge in [-0.15, -0.1) is 0 Å². The Hall–Kier alpha value is -2.14. The quantitative estimate of drug-likeness (QED) is 0.816. The van der Waals surface area contributed by atoms with Crippen molar-refractivity contribution < 1.29 is 13.6 Å². The predicted octanol–water partition coefficient (Wildman–Crippen LogP) is 4.35. The zero-order valence-electron chi connectivity index (χ0n) is 13.5. The number of nitrogens with zero attached hydrogens (tertiary/aromatic N) is 1. The van der Waals surface area contributed by atoms with E-state index in [1.807, 2.05) is 38.1 Å². The van der Waals surface area contributed by atoms with Gasteiger partial charge in [0.25, 0.3) is 0 Å². The number of nitrogens with one attached hydrogen (secondary N) is 1. The van der Waals surface area contributed by atoms with Crippen LogP contribution in [0.15, 0.2) is 36.4 Å². The van der Waals surface area contributed by atoms with Crippen molar-refractivity contribution in [2.24, 2.45) is 0 Å². The Balaban J connectivity index is 1.95. The second-order valence-corrected chi connectivity index (χ2v) is 6.87. The molecule has 6 heteroatoms. The third kappa shape index (κ3) is 2.53. The summed E-state index contributed by atoms with van der Waals surface area (Å²) in [5, 5.41) is 2.97. The first-order valence-corrected chi connectivity index (χ1v) is 7.89. The molecule has 1 aliphatic rings. The molecule has 2 aromatic rings. The van der Waals surface area contributed by atoms with Gasteiger partial charge in [-0.05, 0) is 17.7 Å². The van der Waals surface area contributed by atoms with Gasteiger partial charge in [-0.3, -0.25) is 4.79 Å². The van der Waals surface area contributed by atoms with E-state index in [2.05, 4.69) is 5.32 Å². The first-order chi connectivity index (χ1) is 11.2. The van der Waals surface area contributed by atoms with E-state index in [1.165, 1.54) is 11.9 Å². The molecule has 1 aliphatic heterocycles. The Kier molecular flexibility index (Phi) is 4.00. The number of benzene rings is 2. The van der Waals surface area contributed by atoms with Crippen molar-refractivity contribution in [2.45, 2.75) is 25.3 Å². The number of carbonyl (C=O) groups is 1. The lowest BCUT2D eigenvalue weighted by Gasteiger charge is -2.30. The zero-order chi connectivity index (χ0) is 17.6. The van der Waals surface area contributed by atoms with Crippen LogP contribution in [0.1, 0.15) is 19.4 Å². The Labute approximate surface area is 144 Å². The van der Waals surface area contributed by atoms with Gasteiger partial charge in [-0.25, -0.2) is 8.78 Å². The predicted molar refractivity (Wildman–Crippen MR) is 91.7 cm³/mol. The molecule has 0 saturated heterocycles. The second kappa shape index (κ2) is 5.74. The maximum absolute atomic E-state index is 14.1. The van der Waals surface area contributed by atoms with Crippen molar-refractivity contribution in [2.75, 3.05) is 17.3 Å². The van der Waals surface area contributed by atoms with E-state index in [1.54, 1.807) is 0 Å². The number of carbonyl (C=O) groups excluding carboxylic acids is 1. The molecule has 24 heavy (non-hydrogen) atoms. The van der Waals surface area contributed by atoms with Gasteiger partial charge in [-0.1, -0.05) is 43.6 Å². The summed E-state index contributed by atoms with van der Waals surface area (Å²) in [6.45, 7) is 3.91. The molecule has 1 amide bonds. The van der Waals surface area contributed by atoms with Crippen LogP contribution >= 0.6 is 11.6 Å². The third-order valence-corrected chi connectivity index (χ3v) is 4.86. The van der Waals surface area contributed by atoms with E-state index in [0.29, 0.717) is 6.07 Å². The highest BCUT2D eigenvalue weighted by molar-refractivity contribution is 6.31. The minimum Gasteiger partial charge on any atom is -0.373 e. The van der Waals surface area contributed by atoms with Crippen LogP contribution in [-0.4, -0.2) is 19.0 Å². The summed E-state index contributed by atoms with van der Waals surface area (Å²) < 4.78 is 27.4. The Morgan fingerprint density at radius 2 is 1.88 bits per heavy atom. The zero-order valence-corrected chi connectivity index (χ0v) is 14.3. The van der Waals surface area contributed by atoms with Gasteiger partial charge in [0.2, 0.25) is 5.91 Å². The number of rotatable bonds is 2. The van der Waals surface area contributed by atoms with Crippen molar-refractivity contribution in [3.8, 4) is 0 Å². The highest BCUT2D eigenvalue weighted by Crippen LogP contribution is 2.41. The molecule has 1 atom stereocenters. The number of hydrogen-bond donors (Lipinski definition) is 1. The van der Waals surface area contributed by atoms with Crippen LogP contribution in [-0.2, 0) is 10.2 Å². The van der Waals surface area contributed by atoms with Gasteiger partial charge in [0.05, 0.1) is 10.7 Å². The minimum absolute atomic E-state index is 0.0556. The molecule has 1 unspecified atom stereocenters. The summed E-state index contributed by atoms with van der Waals surface area (Å²) in [7, 11) is 1.45. The molecular formula is C18H17ClF2N2O. The molecule has 0 spiro atoms. The van der Waals surface area contributed by atoms with Crippen LogP contribution in [0.2, 0.25) is 5.02 Å². The molecule has 0 aliphatic carbocycles. The van der Waals surface area contributed by atoms with Crippen LogP contribution in [0.25, 0.3) is 0 Å². The first-order valence-electron chi connectivity index (χ1n) is 7.51. The van der Waals surface area contributed by atoms with Crippen molar-refractivity contribution in [1.82, 2.24) is 0 Å². The Morgan fingerprint density at radius 1 is 1.21 bits per heavy atom. The highest BCUT2D eigenvalue weighted by Gasteiger charge is 2.44. The molecular weight excluding hydrogens is 334 g/mol. The molecule has 0 radical (unpaired) electrons. The topological polar surface area (TPSA) is 32.3 Å². The van der Waals surface area contributed by atoms with Gasteiger partial charge in [-0.2, -0.15) is 0 Å². The molecule has 0 bridgehead atoms. The van der Waals surface area contributed by atoms with E-state index < -0.39 is 23.1 Å². The van der Waals surface area contributed by atoms with E-state index in [-0.39, 0.29) is 16.6 Å². The molecule has 0 fully saturated rings. The fraction of sp³-hybridized carbons (Fsp3) is 0.278. The Morgan fingerprint density at radius 3 is 2.54 bits per heavy atom. The number of fused-ring (bicyclic) bond motifs is 1. The average Bonchev–Trinajstić information content (AvgIpc) is 2.81. The van der Waals surface area contributed by atoms with Gasteiger partial charge in [0.15, 0.2) is 0 Å². The van der Waals surface area contributed by atoms with Gasteiger partial charge >= 0.3 is 0 Å². The molecule has 0 saturated carbocycles. The number of likely N-dealkylation sites (N-methyl/N-ethyl adjacent to an activating group) is 1. The summed E-state index contributed by atoms with van der Waals surface area (Å²) in [6, 6.07) is 8.91. The Bertz CT molecular complexity index is 823. The van der Waals surface area contributed by atoms with Crippen LogP contribution < -0.4 is 10.2 Å².